The quantitative estimate of drug-likeness (QED) is 0.848. The van der Waals surface area contributed by atoms with E-state index in [1.165, 1.54) is 11.1 Å². The zero-order chi connectivity index (χ0) is 18.5. The number of carbonyl (C=O) groups excluding carboxylic acids is 2. The van der Waals surface area contributed by atoms with Crippen molar-refractivity contribution in [1.82, 2.24) is 14.4 Å². The molecule has 2 heterocycles. The minimum atomic E-state index is 0.0554. The van der Waals surface area contributed by atoms with E-state index in [0.717, 1.165) is 19.4 Å². The molecule has 138 valence electrons. The van der Waals surface area contributed by atoms with Crippen molar-refractivity contribution >= 4 is 11.8 Å². The number of amides is 2. The Kier molecular flexibility index (Phi) is 5.76. The first kappa shape index (κ1) is 18.2. The highest BCUT2D eigenvalue weighted by Gasteiger charge is 2.23. The lowest BCUT2D eigenvalue weighted by Crippen LogP contribution is -2.37. The molecule has 0 saturated carbocycles. The molecular weight excluding hydrogens is 326 g/mol. The third-order valence-corrected chi connectivity index (χ3v) is 5.08. The first-order valence-electron chi connectivity index (χ1n) is 9.28. The highest BCUT2D eigenvalue weighted by molar-refractivity contribution is 5.94. The molecule has 1 aliphatic heterocycles. The number of aryl methyl sites for hydroxylation is 3. The molecular formula is C21H27N3O2. The van der Waals surface area contributed by atoms with Gasteiger partial charge in [0.1, 0.15) is 0 Å². The summed E-state index contributed by atoms with van der Waals surface area (Å²) in [6.45, 7) is 4.73. The minimum absolute atomic E-state index is 0.0554. The summed E-state index contributed by atoms with van der Waals surface area (Å²) in [7, 11) is 1.91. The lowest BCUT2D eigenvalue weighted by atomic mass is 10.0. The summed E-state index contributed by atoms with van der Waals surface area (Å²) in [5.74, 6) is 0.238. The maximum Gasteiger partial charge on any atom is 0.255 e. The smallest absolute Gasteiger partial charge is 0.255 e. The van der Waals surface area contributed by atoms with Crippen molar-refractivity contribution in [3.05, 3.63) is 59.4 Å². The molecule has 1 aromatic heterocycles. The normalized spacial score (nSPS) is 15.0. The van der Waals surface area contributed by atoms with E-state index in [9.17, 15) is 9.59 Å². The lowest BCUT2D eigenvalue weighted by molar-refractivity contribution is -0.131. The first-order valence-corrected chi connectivity index (χ1v) is 9.28. The van der Waals surface area contributed by atoms with Crippen molar-refractivity contribution in [1.29, 1.82) is 0 Å². The number of aromatic nitrogens is 1. The predicted molar refractivity (Wildman–Crippen MR) is 102 cm³/mol. The lowest BCUT2D eigenvalue weighted by Gasteiger charge is -2.22. The van der Waals surface area contributed by atoms with Gasteiger partial charge in [0.05, 0.1) is 5.56 Å². The van der Waals surface area contributed by atoms with Crippen molar-refractivity contribution in [2.24, 2.45) is 7.05 Å². The molecule has 1 fully saturated rings. The second-order valence-corrected chi connectivity index (χ2v) is 7.02. The topological polar surface area (TPSA) is 45.6 Å². The van der Waals surface area contributed by atoms with E-state index in [0.29, 0.717) is 31.6 Å². The Morgan fingerprint density at radius 3 is 2.46 bits per heavy atom. The van der Waals surface area contributed by atoms with E-state index < -0.39 is 0 Å². The van der Waals surface area contributed by atoms with Crippen LogP contribution in [0, 0.1) is 6.92 Å². The standard InChI is InChI=1S/C21H27N3O2/c1-17-6-3-4-7-18(17)8-9-20(25)23-11-5-12-24(15-14-23)21(26)19-10-13-22(2)16-19/h3-4,6-7,10,13,16H,5,8-9,11-12,14-15H2,1-2H3. The Balaban J connectivity index is 1.54. The molecule has 0 aliphatic carbocycles. The van der Waals surface area contributed by atoms with Crippen LogP contribution in [-0.4, -0.2) is 52.4 Å². The van der Waals surface area contributed by atoms with Gasteiger partial charge in [-0.2, -0.15) is 0 Å². The highest BCUT2D eigenvalue weighted by atomic mass is 16.2. The van der Waals surface area contributed by atoms with E-state index >= 15 is 0 Å². The van der Waals surface area contributed by atoms with Crippen LogP contribution in [0.25, 0.3) is 0 Å². The van der Waals surface area contributed by atoms with Gasteiger partial charge in [-0.05, 0) is 37.0 Å². The number of benzene rings is 1. The second-order valence-electron chi connectivity index (χ2n) is 7.02. The van der Waals surface area contributed by atoms with E-state index in [-0.39, 0.29) is 11.8 Å². The van der Waals surface area contributed by atoms with E-state index in [2.05, 4.69) is 19.1 Å². The maximum atomic E-state index is 12.6. The van der Waals surface area contributed by atoms with Crippen LogP contribution >= 0.6 is 0 Å². The molecule has 0 N–H and O–H groups in total. The van der Waals surface area contributed by atoms with Crippen LogP contribution in [0.2, 0.25) is 0 Å². The molecule has 0 radical (unpaired) electrons. The van der Waals surface area contributed by atoms with Gasteiger partial charge in [-0.25, -0.2) is 0 Å². The van der Waals surface area contributed by atoms with Crippen molar-refractivity contribution < 1.29 is 9.59 Å². The average Bonchev–Trinajstić information content (AvgIpc) is 2.92. The Hall–Kier alpha value is -2.56. The number of nitrogens with zero attached hydrogens (tertiary/aromatic N) is 3. The van der Waals surface area contributed by atoms with Crippen molar-refractivity contribution in [3.63, 3.8) is 0 Å². The van der Waals surface area contributed by atoms with Gasteiger partial charge in [-0.15, -0.1) is 0 Å². The van der Waals surface area contributed by atoms with Crippen LogP contribution in [-0.2, 0) is 18.3 Å². The summed E-state index contributed by atoms with van der Waals surface area (Å²) in [6, 6.07) is 10.1. The van der Waals surface area contributed by atoms with Crippen LogP contribution < -0.4 is 0 Å². The first-order chi connectivity index (χ1) is 12.5. The second kappa shape index (κ2) is 8.21. The largest absolute Gasteiger partial charge is 0.356 e. The van der Waals surface area contributed by atoms with Gasteiger partial charge in [0.15, 0.2) is 0 Å². The Bertz CT molecular complexity index is 781. The summed E-state index contributed by atoms with van der Waals surface area (Å²) in [5.41, 5.74) is 3.18. The molecule has 0 spiro atoms. The monoisotopic (exact) mass is 353 g/mol. The summed E-state index contributed by atoms with van der Waals surface area (Å²) < 4.78 is 1.88. The molecule has 5 heteroatoms. The number of hydrogen-bond donors (Lipinski definition) is 0. The number of rotatable bonds is 4. The van der Waals surface area contributed by atoms with Crippen molar-refractivity contribution in [3.8, 4) is 0 Å². The fourth-order valence-electron chi connectivity index (χ4n) is 3.47. The summed E-state index contributed by atoms with van der Waals surface area (Å²) in [5, 5.41) is 0. The fourth-order valence-corrected chi connectivity index (χ4v) is 3.47. The van der Waals surface area contributed by atoms with Gasteiger partial charge in [0.25, 0.3) is 5.91 Å². The molecule has 1 aromatic carbocycles. The molecule has 0 bridgehead atoms. The zero-order valence-corrected chi connectivity index (χ0v) is 15.6. The molecule has 1 saturated heterocycles. The number of hydrogen-bond acceptors (Lipinski definition) is 2. The Morgan fingerprint density at radius 2 is 1.73 bits per heavy atom. The summed E-state index contributed by atoms with van der Waals surface area (Å²) in [4.78, 5) is 29.0. The van der Waals surface area contributed by atoms with Crippen LogP contribution in [0.5, 0.6) is 0 Å². The van der Waals surface area contributed by atoms with E-state index in [4.69, 9.17) is 0 Å². The van der Waals surface area contributed by atoms with Gasteiger partial charge in [0, 0.05) is 52.0 Å². The molecule has 3 rings (SSSR count). The van der Waals surface area contributed by atoms with Crippen LogP contribution in [0.4, 0.5) is 0 Å². The van der Waals surface area contributed by atoms with Gasteiger partial charge in [0.2, 0.25) is 5.91 Å². The Labute approximate surface area is 155 Å². The van der Waals surface area contributed by atoms with Gasteiger partial charge < -0.3 is 14.4 Å². The number of carbonyl (C=O) groups is 2. The molecule has 0 atom stereocenters. The van der Waals surface area contributed by atoms with Crippen molar-refractivity contribution in [2.45, 2.75) is 26.2 Å². The molecule has 5 nitrogen and oxygen atoms in total. The van der Waals surface area contributed by atoms with Gasteiger partial charge >= 0.3 is 0 Å². The molecule has 2 aromatic rings. The van der Waals surface area contributed by atoms with Gasteiger partial charge in [-0.3, -0.25) is 9.59 Å². The third kappa shape index (κ3) is 4.34. The maximum absolute atomic E-state index is 12.6. The highest BCUT2D eigenvalue weighted by Crippen LogP contribution is 2.13. The average molecular weight is 353 g/mol. The molecule has 26 heavy (non-hydrogen) atoms. The van der Waals surface area contributed by atoms with E-state index in [1.807, 2.05) is 52.0 Å². The van der Waals surface area contributed by atoms with E-state index in [1.54, 1.807) is 0 Å². The van der Waals surface area contributed by atoms with Crippen LogP contribution in [0.1, 0.15) is 34.3 Å². The van der Waals surface area contributed by atoms with Gasteiger partial charge in [-0.1, -0.05) is 24.3 Å². The fraction of sp³-hybridized carbons (Fsp3) is 0.429. The predicted octanol–water partition coefficient (Wildman–Crippen LogP) is 2.64. The third-order valence-electron chi connectivity index (χ3n) is 5.08. The van der Waals surface area contributed by atoms with Crippen LogP contribution in [0.15, 0.2) is 42.7 Å². The van der Waals surface area contributed by atoms with Crippen molar-refractivity contribution in [2.75, 3.05) is 26.2 Å². The summed E-state index contributed by atoms with van der Waals surface area (Å²) >= 11 is 0. The zero-order valence-electron chi connectivity index (χ0n) is 15.6. The summed E-state index contributed by atoms with van der Waals surface area (Å²) in [6.07, 6.45) is 5.85. The van der Waals surface area contributed by atoms with Crippen LogP contribution in [0.3, 0.4) is 0 Å². The SMILES string of the molecule is Cc1ccccc1CCC(=O)N1CCCN(C(=O)c2ccn(C)c2)CC1. The molecule has 2 amide bonds. The molecule has 0 unspecified atom stereocenters. The Morgan fingerprint density at radius 1 is 1.00 bits per heavy atom. The molecule has 1 aliphatic rings. The minimum Gasteiger partial charge on any atom is -0.356 e.